The molecule has 2 aromatic rings. The van der Waals surface area contributed by atoms with Gasteiger partial charge in [-0.3, -0.25) is 0 Å². The number of halogens is 12. The smallest absolute Gasteiger partial charge is 0.434 e. The average Bonchev–Trinajstić information content (AvgIpc) is 3.21. The first kappa shape index (κ1) is 29.4. The van der Waals surface area contributed by atoms with Crippen LogP contribution in [0, 0.1) is 5.41 Å². The van der Waals surface area contributed by atoms with Crippen LogP contribution in [0.25, 0.3) is 0 Å². The van der Waals surface area contributed by atoms with Crippen LogP contribution in [0.15, 0.2) is 30.3 Å². The van der Waals surface area contributed by atoms with Crippen molar-refractivity contribution in [1.29, 1.82) is 0 Å². The SMILES string of the molecule is O=C(O)c1ccc(N2CCC(CCc3cc(C(F)(F)F)cc(C(F)(F)F)c3)(C(F)(F)F)C2)nc1C(F)(F)F. The molecule has 0 spiro atoms. The maximum atomic E-state index is 14.1. The molecule has 1 fully saturated rings. The molecule has 0 saturated carbocycles. The molecule has 0 aliphatic carbocycles. The standard InChI is InChI=1S/C22H16F12N2O2/c23-19(24,25)12-7-11(8-13(9-12)20(26,27)28)3-4-18(22(32,33)34)5-6-36(10-18)15-2-1-14(17(37)38)16(35-15)21(29,30)31/h1-2,7-9H,3-6,10H2,(H,37,38). The van der Waals surface area contributed by atoms with E-state index >= 15 is 0 Å². The van der Waals surface area contributed by atoms with Gasteiger partial charge in [0.1, 0.15) is 5.82 Å². The van der Waals surface area contributed by atoms with Crippen molar-refractivity contribution < 1.29 is 62.6 Å². The molecule has 2 heterocycles. The second-order valence-electron chi connectivity index (χ2n) is 8.73. The lowest BCUT2D eigenvalue weighted by molar-refractivity contribution is -0.218. The lowest BCUT2D eigenvalue weighted by Gasteiger charge is -2.32. The number of hydrogen-bond acceptors (Lipinski definition) is 3. The number of carboxylic acids is 1. The van der Waals surface area contributed by atoms with Gasteiger partial charge in [0, 0.05) is 13.1 Å². The first-order valence-electron chi connectivity index (χ1n) is 10.6. The molecule has 1 aliphatic heterocycles. The van der Waals surface area contributed by atoms with E-state index in [0.29, 0.717) is 18.2 Å². The minimum Gasteiger partial charge on any atom is -0.478 e. The monoisotopic (exact) mass is 568 g/mol. The number of aromatic nitrogens is 1. The number of nitrogens with zero attached hydrogens (tertiary/aromatic N) is 2. The summed E-state index contributed by atoms with van der Waals surface area (Å²) in [5.74, 6) is -2.59. The van der Waals surface area contributed by atoms with E-state index in [1.165, 1.54) is 0 Å². The molecular weight excluding hydrogens is 552 g/mol. The maximum Gasteiger partial charge on any atom is 0.434 e. The van der Waals surface area contributed by atoms with Gasteiger partial charge in [-0.05, 0) is 55.2 Å². The number of aromatic carboxylic acids is 1. The van der Waals surface area contributed by atoms with Crippen LogP contribution < -0.4 is 4.90 Å². The molecule has 1 saturated heterocycles. The Morgan fingerprint density at radius 2 is 1.42 bits per heavy atom. The molecule has 1 aliphatic rings. The highest BCUT2D eigenvalue weighted by Crippen LogP contribution is 2.50. The van der Waals surface area contributed by atoms with Crippen LogP contribution in [0.1, 0.15) is 45.6 Å². The molecule has 210 valence electrons. The summed E-state index contributed by atoms with van der Waals surface area (Å²) in [5, 5.41) is 8.95. The highest BCUT2D eigenvalue weighted by atomic mass is 19.4. The summed E-state index contributed by atoms with van der Waals surface area (Å²) in [7, 11) is 0. The zero-order valence-corrected chi connectivity index (χ0v) is 18.7. The first-order chi connectivity index (χ1) is 17.1. The number of carbonyl (C=O) groups is 1. The fourth-order valence-corrected chi connectivity index (χ4v) is 4.21. The lowest BCUT2D eigenvalue weighted by atomic mass is 9.80. The van der Waals surface area contributed by atoms with Crippen molar-refractivity contribution in [3.8, 4) is 0 Å². The molecule has 1 unspecified atom stereocenters. The summed E-state index contributed by atoms with van der Waals surface area (Å²) < 4.78 is 161. The molecule has 1 aromatic carbocycles. The molecule has 4 nitrogen and oxygen atoms in total. The number of aryl methyl sites for hydroxylation is 1. The summed E-state index contributed by atoms with van der Waals surface area (Å²) in [6.07, 6.45) is -23.2. The van der Waals surface area contributed by atoms with E-state index in [4.69, 9.17) is 5.11 Å². The Balaban J connectivity index is 1.94. The van der Waals surface area contributed by atoms with Crippen molar-refractivity contribution in [2.45, 2.75) is 44.0 Å². The van der Waals surface area contributed by atoms with Gasteiger partial charge in [0.2, 0.25) is 0 Å². The zero-order valence-electron chi connectivity index (χ0n) is 18.7. The Morgan fingerprint density at radius 3 is 1.87 bits per heavy atom. The number of carboxylic acid groups (broad SMARTS) is 1. The number of pyridine rings is 1. The summed E-state index contributed by atoms with van der Waals surface area (Å²) in [6.45, 7) is -1.51. The predicted molar refractivity (Wildman–Crippen MR) is 106 cm³/mol. The summed E-state index contributed by atoms with van der Waals surface area (Å²) >= 11 is 0. The third kappa shape index (κ3) is 6.09. The highest BCUT2D eigenvalue weighted by molar-refractivity contribution is 5.89. The van der Waals surface area contributed by atoms with Crippen molar-refractivity contribution in [2.24, 2.45) is 5.41 Å². The number of hydrogen-bond donors (Lipinski definition) is 1. The van der Waals surface area contributed by atoms with Gasteiger partial charge in [0.05, 0.1) is 22.1 Å². The van der Waals surface area contributed by atoms with E-state index in [2.05, 4.69) is 4.98 Å². The van der Waals surface area contributed by atoms with Crippen molar-refractivity contribution in [2.75, 3.05) is 18.0 Å². The third-order valence-electron chi connectivity index (χ3n) is 6.20. The fraction of sp³-hybridized carbons (Fsp3) is 0.455. The number of anilines is 1. The third-order valence-corrected chi connectivity index (χ3v) is 6.20. The van der Waals surface area contributed by atoms with Gasteiger partial charge < -0.3 is 10.0 Å². The number of rotatable bonds is 5. The number of alkyl halides is 12. The van der Waals surface area contributed by atoms with Crippen LogP contribution in [0.4, 0.5) is 58.5 Å². The quantitative estimate of drug-likeness (QED) is 0.387. The van der Waals surface area contributed by atoms with Crippen LogP contribution in [0.3, 0.4) is 0 Å². The molecule has 3 rings (SSSR count). The molecular formula is C22H16F12N2O2. The minimum absolute atomic E-state index is 0.162. The molecule has 0 amide bonds. The van der Waals surface area contributed by atoms with Crippen LogP contribution >= 0.6 is 0 Å². The van der Waals surface area contributed by atoms with Crippen molar-refractivity contribution >= 4 is 11.8 Å². The van der Waals surface area contributed by atoms with E-state index in [1.807, 2.05) is 0 Å². The van der Waals surface area contributed by atoms with Gasteiger partial charge in [0.25, 0.3) is 0 Å². The fourth-order valence-electron chi connectivity index (χ4n) is 4.21. The largest absolute Gasteiger partial charge is 0.478 e. The van der Waals surface area contributed by atoms with Crippen LogP contribution in [-0.4, -0.2) is 35.3 Å². The minimum atomic E-state index is -5.25. The van der Waals surface area contributed by atoms with E-state index in [1.54, 1.807) is 0 Å². The Labute approximate surface area is 205 Å². The highest BCUT2D eigenvalue weighted by Gasteiger charge is 2.57. The summed E-state index contributed by atoms with van der Waals surface area (Å²) in [5.41, 5.74) is -9.82. The van der Waals surface area contributed by atoms with E-state index < -0.39 is 102 Å². The second kappa shape index (κ2) is 9.52. The average molecular weight is 568 g/mol. The van der Waals surface area contributed by atoms with Crippen LogP contribution in [-0.2, 0) is 24.9 Å². The molecule has 38 heavy (non-hydrogen) atoms. The zero-order chi connectivity index (χ0) is 28.9. The molecule has 16 heteroatoms. The summed E-state index contributed by atoms with van der Waals surface area (Å²) in [6, 6.07) is 1.78. The Bertz CT molecular complexity index is 1170. The molecule has 0 radical (unpaired) electrons. The van der Waals surface area contributed by atoms with E-state index in [9.17, 15) is 57.5 Å². The maximum absolute atomic E-state index is 14.1. The first-order valence-corrected chi connectivity index (χ1v) is 10.6. The van der Waals surface area contributed by atoms with Crippen LogP contribution in [0.5, 0.6) is 0 Å². The van der Waals surface area contributed by atoms with Crippen molar-refractivity contribution in [3.05, 3.63) is 58.3 Å². The molecule has 0 bridgehead atoms. The van der Waals surface area contributed by atoms with E-state index in [0.717, 1.165) is 11.0 Å². The molecule has 1 atom stereocenters. The van der Waals surface area contributed by atoms with Gasteiger partial charge in [-0.25, -0.2) is 9.78 Å². The molecule has 1 N–H and O–H groups in total. The topological polar surface area (TPSA) is 53.4 Å². The van der Waals surface area contributed by atoms with Gasteiger partial charge in [-0.1, -0.05) is 0 Å². The van der Waals surface area contributed by atoms with Crippen molar-refractivity contribution in [1.82, 2.24) is 4.98 Å². The second-order valence-corrected chi connectivity index (χ2v) is 8.73. The lowest BCUT2D eigenvalue weighted by Crippen LogP contribution is -2.41. The Morgan fingerprint density at radius 1 is 0.868 bits per heavy atom. The van der Waals surface area contributed by atoms with E-state index in [-0.39, 0.29) is 6.07 Å². The Kier molecular flexibility index (Phi) is 7.36. The van der Waals surface area contributed by atoms with Gasteiger partial charge >= 0.3 is 30.7 Å². The van der Waals surface area contributed by atoms with Gasteiger partial charge in [0.15, 0.2) is 5.69 Å². The molecule has 1 aromatic heterocycles. The number of benzene rings is 1. The van der Waals surface area contributed by atoms with Gasteiger partial charge in [-0.2, -0.15) is 52.7 Å². The predicted octanol–water partition coefficient (Wildman–Crippen LogP) is 7.23. The summed E-state index contributed by atoms with van der Waals surface area (Å²) in [4.78, 5) is 15.1. The Hall–Kier alpha value is -3.20. The normalized spacial score (nSPS) is 19.2. The van der Waals surface area contributed by atoms with Crippen molar-refractivity contribution in [3.63, 3.8) is 0 Å². The van der Waals surface area contributed by atoms with Crippen LogP contribution in [0.2, 0.25) is 0 Å². The van der Waals surface area contributed by atoms with Gasteiger partial charge in [-0.15, -0.1) is 0 Å².